The van der Waals surface area contributed by atoms with E-state index in [1.807, 2.05) is 61.4 Å². The van der Waals surface area contributed by atoms with Crippen LogP contribution in [0, 0.1) is 27.7 Å². The predicted octanol–water partition coefficient (Wildman–Crippen LogP) is 6.24. The van der Waals surface area contributed by atoms with Crippen molar-refractivity contribution in [1.29, 1.82) is 0 Å². The Labute approximate surface area is 172 Å². The van der Waals surface area contributed by atoms with Gasteiger partial charge in [-0.1, -0.05) is 34.4 Å². The fraction of sp³-hybridized carbons (Fsp3) is 0.556. The number of unbranched alkanes of at least 4 members (excludes halogenated alkanes) is 3. The van der Waals surface area contributed by atoms with Gasteiger partial charge in [0.05, 0.1) is 0 Å². The highest BCUT2D eigenvalue weighted by atomic mass is 33.1. The van der Waals surface area contributed by atoms with Crippen LogP contribution in [-0.2, 0) is 0 Å². The Kier molecular flexibility index (Phi) is 10.2. The van der Waals surface area contributed by atoms with Gasteiger partial charge in [0.25, 0.3) is 0 Å². The molecule has 142 valence electrons. The molecule has 0 bridgehead atoms. The Morgan fingerprint density at radius 1 is 0.577 bits per heavy atom. The van der Waals surface area contributed by atoms with Crippen LogP contribution in [0.2, 0.25) is 0 Å². The largest absolute Gasteiger partial charge is 0.227 e. The van der Waals surface area contributed by atoms with Crippen molar-refractivity contribution in [3.63, 3.8) is 0 Å². The molecule has 0 aromatic carbocycles. The summed E-state index contributed by atoms with van der Waals surface area (Å²) in [5.41, 5.74) is 4.17. The molecule has 2 heterocycles. The molecule has 2 rings (SSSR count). The van der Waals surface area contributed by atoms with Crippen molar-refractivity contribution in [1.82, 2.24) is 19.9 Å². The lowest BCUT2D eigenvalue weighted by Crippen LogP contribution is -1.91. The molecule has 0 aliphatic rings. The average molecular weight is 427 g/mol. The lowest BCUT2D eigenvalue weighted by molar-refractivity contribution is 0.712. The number of hydrogen-bond acceptors (Lipinski definition) is 8. The van der Waals surface area contributed by atoms with E-state index in [1.165, 1.54) is 25.7 Å². The lowest BCUT2D eigenvalue weighted by Gasteiger charge is -2.04. The standard InChI is InChI=1S/C18H26N4S4/c1-13-11-14(2)20-17(19-13)25-23-9-7-5-6-8-10-24-26-18-21-15(3)12-16(4)22-18/h11-12H,5-10H2,1-4H3. The highest BCUT2D eigenvalue weighted by molar-refractivity contribution is 8.77. The molecule has 8 heteroatoms. The monoisotopic (exact) mass is 426 g/mol. The summed E-state index contributed by atoms with van der Waals surface area (Å²) in [6.45, 7) is 8.08. The molecule has 0 aliphatic carbocycles. The molecular formula is C18H26N4S4. The van der Waals surface area contributed by atoms with Crippen LogP contribution in [0.4, 0.5) is 0 Å². The molecule has 2 aromatic heterocycles. The van der Waals surface area contributed by atoms with Crippen molar-refractivity contribution in [2.24, 2.45) is 0 Å². The minimum Gasteiger partial charge on any atom is -0.227 e. The van der Waals surface area contributed by atoms with Crippen LogP contribution in [0.1, 0.15) is 48.5 Å². The summed E-state index contributed by atoms with van der Waals surface area (Å²) in [6, 6.07) is 4.02. The minimum atomic E-state index is 0.884. The highest BCUT2D eigenvalue weighted by Crippen LogP contribution is 2.31. The van der Waals surface area contributed by atoms with Gasteiger partial charge in [0.2, 0.25) is 0 Å². The van der Waals surface area contributed by atoms with E-state index >= 15 is 0 Å². The van der Waals surface area contributed by atoms with Gasteiger partial charge in [-0.3, -0.25) is 0 Å². The first kappa shape index (κ1) is 21.9. The van der Waals surface area contributed by atoms with E-state index < -0.39 is 0 Å². The maximum atomic E-state index is 4.45. The minimum absolute atomic E-state index is 0.884. The van der Waals surface area contributed by atoms with E-state index in [-0.39, 0.29) is 0 Å². The first-order valence-electron chi connectivity index (χ1n) is 8.76. The number of nitrogens with zero attached hydrogens (tertiary/aromatic N) is 4. The van der Waals surface area contributed by atoms with Gasteiger partial charge < -0.3 is 0 Å². The van der Waals surface area contributed by atoms with Crippen LogP contribution < -0.4 is 0 Å². The normalized spacial score (nSPS) is 11.1. The fourth-order valence-corrected chi connectivity index (χ4v) is 6.36. The van der Waals surface area contributed by atoms with E-state index in [0.29, 0.717) is 0 Å². The van der Waals surface area contributed by atoms with Crippen molar-refractivity contribution in [3.8, 4) is 0 Å². The molecular weight excluding hydrogens is 400 g/mol. The predicted molar refractivity (Wildman–Crippen MR) is 118 cm³/mol. The third kappa shape index (κ3) is 8.97. The van der Waals surface area contributed by atoms with Gasteiger partial charge in [0.1, 0.15) is 0 Å². The molecule has 2 aromatic rings. The maximum Gasteiger partial charge on any atom is 0.198 e. The summed E-state index contributed by atoms with van der Waals surface area (Å²) in [5, 5.41) is 1.77. The van der Waals surface area contributed by atoms with Gasteiger partial charge >= 0.3 is 0 Å². The second kappa shape index (κ2) is 12.1. The average Bonchev–Trinajstić information content (AvgIpc) is 2.55. The number of rotatable bonds is 11. The van der Waals surface area contributed by atoms with Gasteiger partial charge in [0.15, 0.2) is 10.3 Å². The van der Waals surface area contributed by atoms with Crippen molar-refractivity contribution in [2.45, 2.75) is 63.7 Å². The summed E-state index contributed by atoms with van der Waals surface area (Å²) < 4.78 is 0. The molecule has 4 nitrogen and oxygen atoms in total. The second-order valence-corrected chi connectivity index (χ2v) is 10.9. The summed E-state index contributed by atoms with van der Waals surface area (Å²) in [4.78, 5) is 17.8. The van der Waals surface area contributed by atoms with Crippen LogP contribution in [0.25, 0.3) is 0 Å². The number of aromatic nitrogens is 4. The first-order chi connectivity index (χ1) is 12.5. The van der Waals surface area contributed by atoms with Crippen molar-refractivity contribution in [2.75, 3.05) is 11.5 Å². The first-order valence-corrected chi connectivity index (χ1v) is 13.4. The van der Waals surface area contributed by atoms with E-state index in [2.05, 4.69) is 19.9 Å². The Balaban J connectivity index is 1.47. The van der Waals surface area contributed by atoms with Gasteiger partial charge in [-0.05, 0) is 74.3 Å². The smallest absolute Gasteiger partial charge is 0.198 e. The molecule has 0 unspecified atom stereocenters. The Morgan fingerprint density at radius 3 is 1.27 bits per heavy atom. The molecule has 0 radical (unpaired) electrons. The van der Waals surface area contributed by atoms with Crippen molar-refractivity contribution in [3.05, 3.63) is 34.9 Å². The zero-order valence-corrected chi connectivity index (χ0v) is 19.1. The molecule has 0 saturated heterocycles. The Morgan fingerprint density at radius 2 is 0.923 bits per heavy atom. The molecule has 0 fully saturated rings. The number of aryl methyl sites for hydroxylation is 4. The van der Waals surface area contributed by atoms with Gasteiger partial charge in [-0.25, -0.2) is 19.9 Å². The third-order valence-electron chi connectivity index (χ3n) is 3.40. The summed E-state index contributed by atoms with van der Waals surface area (Å²) >= 11 is 0. The molecule has 0 aliphatic heterocycles. The summed E-state index contributed by atoms with van der Waals surface area (Å²) in [7, 11) is 7.10. The van der Waals surface area contributed by atoms with Crippen LogP contribution in [0.5, 0.6) is 0 Å². The van der Waals surface area contributed by atoms with Gasteiger partial charge in [-0.15, -0.1) is 0 Å². The highest BCUT2D eigenvalue weighted by Gasteiger charge is 2.02. The SMILES string of the molecule is Cc1cc(C)nc(SSCCCCCCSSc2nc(C)cc(C)n2)n1. The topological polar surface area (TPSA) is 51.6 Å². The van der Waals surface area contributed by atoms with Gasteiger partial charge in [0, 0.05) is 34.3 Å². The molecule has 0 spiro atoms. The Bertz CT molecular complexity index is 597. The Hall–Kier alpha value is -0.440. The van der Waals surface area contributed by atoms with Crippen LogP contribution in [0.15, 0.2) is 22.4 Å². The molecule has 0 atom stereocenters. The van der Waals surface area contributed by atoms with E-state index in [0.717, 1.165) is 44.6 Å². The second-order valence-electron chi connectivity index (χ2n) is 6.09. The molecule has 0 amide bonds. The summed E-state index contributed by atoms with van der Waals surface area (Å²) in [5.74, 6) is 2.30. The van der Waals surface area contributed by atoms with E-state index in [1.54, 1.807) is 21.6 Å². The summed E-state index contributed by atoms with van der Waals surface area (Å²) in [6.07, 6.45) is 5.07. The number of hydrogen-bond donors (Lipinski definition) is 0. The quantitative estimate of drug-likeness (QED) is 0.238. The molecule has 0 N–H and O–H groups in total. The van der Waals surface area contributed by atoms with Crippen molar-refractivity contribution < 1.29 is 0 Å². The van der Waals surface area contributed by atoms with Crippen LogP contribution in [-0.4, -0.2) is 31.4 Å². The zero-order chi connectivity index (χ0) is 18.8. The van der Waals surface area contributed by atoms with Crippen LogP contribution >= 0.6 is 43.2 Å². The third-order valence-corrected chi connectivity index (χ3v) is 7.81. The van der Waals surface area contributed by atoms with E-state index in [4.69, 9.17) is 0 Å². The van der Waals surface area contributed by atoms with Crippen LogP contribution in [0.3, 0.4) is 0 Å². The zero-order valence-electron chi connectivity index (χ0n) is 15.8. The maximum absolute atomic E-state index is 4.45. The molecule has 26 heavy (non-hydrogen) atoms. The van der Waals surface area contributed by atoms with Gasteiger partial charge in [-0.2, -0.15) is 0 Å². The molecule has 0 saturated carbocycles. The lowest BCUT2D eigenvalue weighted by atomic mass is 10.2. The fourth-order valence-electron chi connectivity index (χ4n) is 2.33. The van der Waals surface area contributed by atoms with E-state index in [9.17, 15) is 0 Å². The van der Waals surface area contributed by atoms with Crippen molar-refractivity contribution >= 4 is 43.2 Å².